The lowest BCUT2D eigenvalue weighted by Crippen LogP contribution is -2.42. The number of aromatic nitrogens is 1. The van der Waals surface area contributed by atoms with E-state index in [4.69, 9.17) is 20.9 Å². The highest BCUT2D eigenvalue weighted by Gasteiger charge is 2.25. The molecule has 0 aliphatic carbocycles. The van der Waals surface area contributed by atoms with Crippen LogP contribution in [0.4, 0.5) is 0 Å². The SMILES string of the molecule is CC(Oc1cccc(Cl)c1)C(=O)N1CCCN(Cc2noc3ccccc23)CC1. The van der Waals surface area contributed by atoms with E-state index in [-0.39, 0.29) is 5.91 Å². The summed E-state index contributed by atoms with van der Waals surface area (Å²) in [6.45, 7) is 5.59. The van der Waals surface area contributed by atoms with Gasteiger partial charge in [-0.15, -0.1) is 0 Å². The first kappa shape index (κ1) is 19.7. The molecule has 152 valence electrons. The van der Waals surface area contributed by atoms with Gasteiger partial charge in [0.15, 0.2) is 11.7 Å². The Hall–Kier alpha value is -2.57. The first-order chi connectivity index (χ1) is 14.1. The average Bonchev–Trinajstić information content (AvgIpc) is 2.97. The first-order valence-corrected chi connectivity index (χ1v) is 10.2. The Bertz CT molecular complexity index is 990. The summed E-state index contributed by atoms with van der Waals surface area (Å²) in [5, 5.41) is 5.87. The fraction of sp³-hybridized carbons (Fsp3) is 0.364. The summed E-state index contributed by atoms with van der Waals surface area (Å²) >= 11 is 6.00. The number of rotatable bonds is 5. The zero-order chi connectivity index (χ0) is 20.2. The summed E-state index contributed by atoms with van der Waals surface area (Å²) in [6.07, 6.45) is 0.352. The minimum absolute atomic E-state index is 0.00119. The van der Waals surface area contributed by atoms with Gasteiger partial charge in [0, 0.05) is 43.1 Å². The first-order valence-electron chi connectivity index (χ1n) is 9.87. The lowest BCUT2D eigenvalue weighted by Gasteiger charge is -2.25. The van der Waals surface area contributed by atoms with Crippen LogP contribution in [0.3, 0.4) is 0 Å². The van der Waals surface area contributed by atoms with E-state index in [2.05, 4.69) is 10.1 Å². The molecule has 4 rings (SSSR count). The van der Waals surface area contributed by atoms with Gasteiger partial charge in [-0.2, -0.15) is 0 Å². The van der Waals surface area contributed by atoms with Crippen LogP contribution in [0.25, 0.3) is 11.0 Å². The Morgan fingerprint density at radius 3 is 2.90 bits per heavy atom. The van der Waals surface area contributed by atoms with Crippen LogP contribution in [0, 0.1) is 0 Å². The van der Waals surface area contributed by atoms with E-state index < -0.39 is 6.10 Å². The minimum Gasteiger partial charge on any atom is -0.481 e. The number of ether oxygens (including phenoxy) is 1. The van der Waals surface area contributed by atoms with Crippen LogP contribution >= 0.6 is 11.6 Å². The summed E-state index contributed by atoms with van der Waals surface area (Å²) in [7, 11) is 0. The molecule has 1 aliphatic rings. The number of fused-ring (bicyclic) bond motifs is 1. The Kier molecular flexibility index (Phi) is 6.02. The van der Waals surface area contributed by atoms with E-state index in [9.17, 15) is 4.79 Å². The molecule has 1 unspecified atom stereocenters. The zero-order valence-electron chi connectivity index (χ0n) is 16.4. The average molecular weight is 414 g/mol. The summed E-state index contributed by atoms with van der Waals surface area (Å²) < 4.78 is 11.2. The predicted octanol–water partition coefficient (Wildman–Crippen LogP) is 3.98. The standard InChI is InChI=1S/C22H24ClN3O3/c1-16(28-18-7-4-6-17(23)14-18)22(27)26-11-5-10-25(12-13-26)15-20-19-8-2-3-9-21(19)29-24-20/h2-4,6-9,14,16H,5,10-13,15H2,1H3. The van der Waals surface area contributed by atoms with Crippen molar-refractivity contribution in [2.24, 2.45) is 0 Å². The smallest absolute Gasteiger partial charge is 0.263 e. The van der Waals surface area contributed by atoms with Crippen LogP contribution in [-0.4, -0.2) is 53.1 Å². The molecule has 2 aromatic carbocycles. The molecule has 1 aliphatic heterocycles. The van der Waals surface area contributed by atoms with E-state index in [1.165, 1.54) is 0 Å². The Balaban J connectivity index is 1.35. The van der Waals surface area contributed by atoms with Crippen LogP contribution in [-0.2, 0) is 11.3 Å². The maximum atomic E-state index is 12.9. The monoisotopic (exact) mass is 413 g/mol. The normalized spacial score (nSPS) is 16.6. The summed E-state index contributed by atoms with van der Waals surface area (Å²) in [4.78, 5) is 17.1. The summed E-state index contributed by atoms with van der Waals surface area (Å²) in [5.74, 6) is 0.603. The van der Waals surface area contributed by atoms with Crippen molar-refractivity contribution in [2.45, 2.75) is 26.0 Å². The molecule has 6 nitrogen and oxygen atoms in total. The minimum atomic E-state index is -0.556. The Labute approximate surface area is 175 Å². The quantitative estimate of drug-likeness (QED) is 0.633. The van der Waals surface area contributed by atoms with Gasteiger partial charge in [-0.05, 0) is 43.7 Å². The van der Waals surface area contributed by atoms with Crippen molar-refractivity contribution in [2.75, 3.05) is 26.2 Å². The van der Waals surface area contributed by atoms with E-state index in [1.54, 1.807) is 19.1 Å². The van der Waals surface area contributed by atoms with E-state index in [1.807, 2.05) is 41.3 Å². The zero-order valence-corrected chi connectivity index (χ0v) is 17.1. The second-order valence-corrected chi connectivity index (χ2v) is 7.73. The molecule has 1 saturated heterocycles. The number of amides is 1. The van der Waals surface area contributed by atoms with Gasteiger partial charge in [0.25, 0.3) is 5.91 Å². The van der Waals surface area contributed by atoms with Gasteiger partial charge in [0.2, 0.25) is 0 Å². The van der Waals surface area contributed by atoms with Crippen molar-refractivity contribution in [1.82, 2.24) is 15.0 Å². The van der Waals surface area contributed by atoms with Gasteiger partial charge in [0.1, 0.15) is 11.4 Å². The van der Waals surface area contributed by atoms with Crippen LogP contribution < -0.4 is 4.74 Å². The molecular weight excluding hydrogens is 390 g/mol. The number of hydrogen-bond acceptors (Lipinski definition) is 5. The number of carbonyl (C=O) groups excluding carboxylic acids is 1. The molecule has 0 saturated carbocycles. The van der Waals surface area contributed by atoms with Crippen LogP contribution in [0.15, 0.2) is 53.1 Å². The van der Waals surface area contributed by atoms with Crippen molar-refractivity contribution >= 4 is 28.5 Å². The molecule has 1 atom stereocenters. The van der Waals surface area contributed by atoms with Gasteiger partial charge in [-0.25, -0.2) is 0 Å². The number of benzene rings is 2. The van der Waals surface area contributed by atoms with E-state index in [0.29, 0.717) is 23.9 Å². The fourth-order valence-corrected chi connectivity index (χ4v) is 3.85. The molecule has 1 aromatic heterocycles. The van der Waals surface area contributed by atoms with E-state index in [0.717, 1.165) is 42.7 Å². The molecule has 7 heteroatoms. The fourth-order valence-electron chi connectivity index (χ4n) is 3.67. The number of nitrogens with zero attached hydrogens (tertiary/aromatic N) is 3. The highest BCUT2D eigenvalue weighted by Crippen LogP contribution is 2.21. The molecule has 0 N–H and O–H groups in total. The number of carbonyl (C=O) groups is 1. The van der Waals surface area contributed by atoms with Gasteiger partial charge >= 0.3 is 0 Å². The third kappa shape index (κ3) is 4.71. The van der Waals surface area contributed by atoms with Gasteiger partial charge < -0.3 is 14.2 Å². The van der Waals surface area contributed by atoms with Gasteiger partial charge in [-0.3, -0.25) is 9.69 Å². The van der Waals surface area contributed by atoms with E-state index >= 15 is 0 Å². The predicted molar refractivity (Wildman–Crippen MR) is 112 cm³/mol. The molecule has 0 bridgehead atoms. The van der Waals surface area contributed by atoms with Crippen molar-refractivity contribution in [3.63, 3.8) is 0 Å². The third-order valence-corrected chi connectivity index (χ3v) is 5.42. The molecule has 1 amide bonds. The van der Waals surface area contributed by atoms with Crippen LogP contribution in [0.5, 0.6) is 5.75 Å². The molecule has 1 fully saturated rings. The maximum Gasteiger partial charge on any atom is 0.263 e. The molecule has 2 heterocycles. The molecule has 29 heavy (non-hydrogen) atoms. The van der Waals surface area contributed by atoms with Crippen LogP contribution in [0.1, 0.15) is 19.0 Å². The molecule has 3 aromatic rings. The van der Waals surface area contributed by atoms with Gasteiger partial charge in [0.05, 0.1) is 0 Å². The second kappa shape index (κ2) is 8.84. The van der Waals surface area contributed by atoms with Crippen LogP contribution in [0.2, 0.25) is 5.02 Å². The van der Waals surface area contributed by atoms with Gasteiger partial charge in [-0.1, -0.05) is 35.0 Å². The Morgan fingerprint density at radius 1 is 1.17 bits per heavy atom. The molecular formula is C22H24ClN3O3. The molecule has 0 radical (unpaired) electrons. The van der Waals surface area contributed by atoms with Crippen molar-refractivity contribution < 1.29 is 14.1 Å². The highest BCUT2D eigenvalue weighted by molar-refractivity contribution is 6.30. The lowest BCUT2D eigenvalue weighted by molar-refractivity contribution is -0.137. The maximum absolute atomic E-state index is 12.9. The second-order valence-electron chi connectivity index (χ2n) is 7.30. The largest absolute Gasteiger partial charge is 0.481 e. The van der Waals surface area contributed by atoms with Crippen molar-refractivity contribution in [3.05, 3.63) is 59.2 Å². The molecule has 0 spiro atoms. The Morgan fingerprint density at radius 2 is 2.03 bits per heavy atom. The number of halogens is 1. The number of para-hydroxylation sites is 1. The van der Waals surface area contributed by atoms with Crippen molar-refractivity contribution in [1.29, 1.82) is 0 Å². The summed E-state index contributed by atoms with van der Waals surface area (Å²) in [5.41, 5.74) is 1.75. The number of hydrogen-bond donors (Lipinski definition) is 0. The topological polar surface area (TPSA) is 58.8 Å². The van der Waals surface area contributed by atoms with Crippen molar-refractivity contribution in [3.8, 4) is 5.75 Å². The summed E-state index contributed by atoms with van der Waals surface area (Å²) in [6, 6.07) is 15.0. The highest BCUT2D eigenvalue weighted by atomic mass is 35.5. The lowest BCUT2D eigenvalue weighted by atomic mass is 10.2. The third-order valence-electron chi connectivity index (χ3n) is 5.18.